The Morgan fingerprint density at radius 2 is 1.83 bits per heavy atom. The number of aliphatic hydroxyl groups excluding tert-OH is 1. The number of pyridine rings is 1. The Balaban J connectivity index is 1.96. The third-order valence-corrected chi connectivity index (χ3v) is 5.59. The molecule has 1 fully saturated rings. The molecule has 1 aromatic heterocycles. The number of H-pyrrole nitrogens is 1. The molecule has 5 heteroatoms. The Labute approximate surface area is 178 Å². The summed E-state index contributed by atoms with van der Waals surface area (Å²) in [5.41, 5.74) is 4.60. The first kappa shape index (κ1) is 22.0. The second-order valence-corrected chi connectivity index (χ2v) is 9.03. The zero-order valence-electron chi connectivity index (χ0n) is 18.1. The van der Waals surface area contributed by atoms with Gasteiger partial charge in [0, 0.05) is 35.9 Å². The average Bonchev–Trinajstić information content (AvgIpc) is 3.12. The SMILES string of the molecule is CC(C)(C)c1ccc(/C(=C/[C@H]2CCC(=O)N2)c2ccc(CCCCO)c(=O)[nH]2)cc1. The van der Waals surface area contributed by atoms with Crippen LogP contribution in [0, 0.1) is 0 Å². The van der Waals surface area contributed by atoms with Gasteiger partial charge in [0.2, 0.25) is 5.91 Å². The summed E-state index contributed by atoms with van der Waals surface area (Å²) in [5, 5.41) is 11.9. The maximum Gasteiger partial charge on any atom is 0.251 e. The average molecular weight is 409 g/mol. The third-order valence-electron chi connectivity index (χ3n) is 5.59. The van der Waals surface area contributed by atoms with Crippen LogP contribution < -0.4 is 10.9 Å². The van der Waals surface area contributed by atoms with Crippen LogP contribution in [0.1, 0.15) is 68.8 Å². The first-order valence-corrected chi connectivity index (χ1v) is 10.7. The van der Waals surface area contributed by atoms with Gasteiger partial charge in [0.05, 0.1) is 0 Å². The predicted molar refractivity (Wildman–Crippen MR) is 120 cm³/mol. The van der Waals surface area contributed by atoms with Gasteiger partial charge in [-0.15, -0.1) is 0 Å². The van der Waals surface area contributed by atoms with E-state index < -0.39 is 0 Å². The molecule has 1 atom stereocenters. The summed E-state index contributed by atoms with van der Waals surface area (Å²) < 4.78 is 0. The Morgan fingerprint density at radius 3 is 2.40 bits per heavy atom. The van der Waals surface area contributed by atoms with Crippen LogP contribution in [-0.4, -0.2) is 28.6 Å². The molecule has 160 valence electrons. The maximum atomic E-state index is 12.6. The van der Waals surface area contributed by atoms with Crippen molar-refractivity contribution >= 4 is 11.5 Å². The number of rotatable bonds is 7. The number of aliphatic hydroxyl groups is 1. The van der Waals surface area contributed by atoms with E-state index in [1.807, 2.05) is 18.2 Å². The number of nitrogens with one attached hydrogen (secondary N) is 2. The number of unbranched alkanes of at least 4 members (excludes halogenated alkanes) is 1. The Hall–Kier alpha value is -2.66. The van der Waals surface area contributed by atoms with Crippen molar-refractivity contribution in [2.75, 3.05) is 6.61 Å². The monoisotopic (exact) mass is 408 g/mol. The molecule has 0 unspecified atom stereocenters. The Kier molecular flexibility index (Phi) is 6.93. The van der Waals surface area contributed by atoms with Gasteiger partial charge in [-0.2, -0.15) is 0 Å². The lowest BCUT2D eigenvalue weighted by Crippen LogP contribution is -2.24. The van der Waals surface area contributed by atoms with E-state index >= 15 is 0 Å². The fourth-order valence-electron chi connectivity index (χ4n) is 3.74. The second kappa shape index (κ2) is 9.43. The summed E-state index contributed by atoms with van der Waals surface area (Å²) >= 11 is 0. The van der Waals surface area contributed by atoms with Crippen LogP contribution in [0.5, 0.6) is 0 Å². The molecular formula is C25H32N2O3. The highest BCUT2D eigenvalue weighted by Crippen LogP contribution is 2.28. The first-order chi connectivity index (χ1) is 14.3. The molecule has 0 spiro atoms. The van der Waals surface area contributed by atoms with E-state index in [1.165, 1.54) is 5.56 Å². The van der Waals surface area contributed by atoms with E-state index in [4.69, 9.17) is 5.11 Å². The molecule has 5 nitrogen and oxygen atoms in total. The Morgan fingerprint density at radius 1 is 1.10 bits per heavy atom. The van der Waals surface area contributed by atoms with E-state index in [-0.39, 0.29) is 29.5 Å². The second-order valence-electron chi connectivity index (χ2n) is 9.03. The lowest BCUT2D eigenvalue weighted by Gasteiger charge is -2.20. The molecule has 0 aliphatic carbocycles. The quantitative estimate of drug-likeness (QED) is 0.611. The van der Waals surface area contributed by atoms with Gasteiger partial charge in [0.15, 0.2) is 0 Å². The zero-order valence-corrected chi connectivity index (χ0v) is 18.1. The van der Waals surface area contributed by atoms with E-state index in [9.17, 15) is 9.59 Å². The van der Waals surface area contributed by atoms with E-state index in [2.05, 4.69) is 55.3 Å². The number of hydrogen-bond donors (Lipinski definition) is 3. The standard InChI is InChI=1S/C25H32N2O3/c1-25(2,3)19-10-7-17(8-11-19)21(16-20-12-14-23(29)26-20)22-13-9-18(24(30)27-22)6-4-5-15-28/h7-11,13,16,20,28H,4-6,12,14-15H2,1-3H3,(H,26,29)(H,27,30)/b21-16-/t20-/m1/s1. The van der Waals surface area contributed by atoms with Crippen molar-refractivity contribution in [2.24, 2.45) is 0 Å². The number of carbonyl (C=O) groups is 1. The van der Waals surface area contributed by atoms with E-state index in [0.29, 0.717) is 19.3 Å². The molecular weight excluding hydrogens is 376 g/mol. The molecule has 1 aliphatic heterocycles. The number of hydrogen-bond acceptors (Lipinski definition) is 3. The van der Waals surface area contributed by atoms with E-state index in [1.54, 1.807) is 0 Å². The number of carbonyl (C=O) groups excluding carboxylic acids is 1. The minimum atomic E-state index is -0.0990. The summed E-state index contributed by atoms with van der Waals surface area (Å²) in [6, 6.07) is 12.2. The lowest BCUT2D eigenvalue weighted by atomic mass is 9.86. The summed E-state index contributed by atoms with van der Waals surface area (Å²) in [6.45, 7) is 6.68. The van der Waals surface area contributed by atoms with Crippen molar-refractivity contribution in [1.29, 1.82) is 0 Å². The summed E-state index contributed by atoms with van der Waals surface area (Å²) in [6.07, 6.45) is 5.45. The predicted octanol–water partition coefficient (Wildman–Crippen LogP) is 3.70. The van der Waals surface area contributed by atoms with Crippen molar-refractivity contribution in [3.05, 3.63) is 75.2 Å². The molecule has 0 radical (unpaired) electrons. The van der Waals surface area contributed by atoms with Crippen molar-refractivity contribution in [3.8, 4) is 0 Å². The fourth-order valence-corrected chi connectivity index (χ4v) is 3.74. The largest absolute Gasteiger partial charge is 0.396 e. The van der Waals surface area contributed by atoms with Gasteiger partial charge in [-0.3, -0.25) is 9.59 Å². The summed E-state index contributed by atoms with van der Waals surface area (Å²) in [5.74, 6) is 0.0615. The van der Waals surface area contributed by atoms with E-state index in [0.717, 1.165) is 35.2 Å². The van der Waals surface area contributed by atoms with Crippen molar-refractivity contribution in [2.45, 2.75) is 64.3 Å². The zero-order chi connectivity index (χ0) is 21.7. The molecule has 2 heterocycles. The van der Waals surface area contributed by atoms with Crippen LogP contribution in [0.25, 0.3) is 5.57 Å². The van der Waals surface area contributed by atoms with Gasteiger partial charge in [0.1, 0.15) is 0 Å². The molecule has 2 aromatic rings. The topological polar surface area (TPSA) is 82.2 Å². The summed E-state index contributed by atoms with van der Waals surface area (Å²) in [4.78, 5) is 27.3. The van der Waals surface area contributed by atoms with Crippen LogP contribution >= 0.6 is 0 Å². The minimum Gasteiger partial charge on any atom is -0.396 e. The molecule has 1 aliphatic rings. The van der Waals surface area contributed by atoms with Gasteiger partial charge in [-0.05, 0) is 48.3 Å². The van der Waals surface area contributed by atoms with Crippen LogP contribution in [0.15, 0.2) is 47.3 Å². The van der Waals surface area contributed by atoms with Crippen molar-refractivity contribution in [3.63, 3.8) is 0 Å². The highest BCUT2D eigenvalue weighted by Gasteiger charge is 2.21. The fraction of sp³-hybridized carbons (Fsp3) is 0.440. The highest BCUT2D eigenvalue weighted by molar-refractivity contribution is 5.82. The number of aromatic nitrogens is 1. The Bertz CT molecular complexity index is 965. The number of aromatic amines is 1. The lowest BCUT2D eigenvalue weighted by molar-refractivity contribution is -0.119. The van der Waals surface area contributed by atoms with Crippen molar-refractivity contribution in [1.82, 2.24) is 10.3 Å². The molecule has 1 aromatic carbocycles. The molecule has 0 bridgehead atoms. The number of aryl methyl sites for hydroxylation is 1. The molecule has 3 N–H and O–H groups in total. The molecule has 3 rings (SSSR count). The van der Waals surface area contributed by atoms with Gasteiger partial charge < -0.3 is 15.4 Å². The third kappa shape index (κ3) is 5.48. The van der Waals surface area contributed by atoms with Crippen LogP contribution in [0.3, 0.4) is 0 Å². The van der Waals surface area contributed by atoms with Gasteiger partial charge >= 0.3 is 0 Å². The number of amides is 1. The van der Waals surface area contributed by atoms with Gasteiger partial charge in [0.25, 0.3) is 5.56 Å². The molecule has 30 heavy (non-hydrogen) atoms. The molecule has 0 saturated carbocycles. The van der Waals surface area contributed by atoms with Gasteiger partial charge in [-0.25, -0.2) is 0 Å². The highest BCUT2D eigenvalue weighted by atomic mass is 16.3. The smallest absolute Gasteiger partial charge is 0.251 e. The van der Waals surface area contributed by atoms with Crippen LogP contribution in [0.2, 0.25) is 0 Å². The van der Waals surface area contributed by atoms with Gasteiger partial charge in [-0.1, -0.05) is 57.2 Å². The maximum absolute atomic E-state index is 12.6. The van der Waals surface area contributed by atoms with Crippen LogP contribution in [0.4, 0.5) is 0 Å². The van der Waals surface area contributed by atoms with Crippen LogP contribution in [-0.2, 0) is 16.6 Å². The normalized spacial score (nSPS) is 17.3. The summed E-state index contributed by atoms with van der Waals surface area (Å²) in [7, 11) is 0. The molecule has 1 saturated heterocycles. The van der Waals surface area contributed by atoms with Crippen molar-refractivity contribution < 1.29 is 9.90 Å². The number of benzene rings is 1. The molecule has 1 amide bonds. The minimum absolute atomic E-state index is 0.0393. The first-order valence-electron chi connectivity index (χ1n) is 10.7.